The Morgan fingerprint density at radius 1 is 0.673 bits per heavy atom. The Labute approximate surface area is 315 Å². The number of nitrogen functional groups attached to an aromatic ring is 1. The van der Waals surface area contributed by atoms with Crippen molar-refractivity contribution in [1.29, 1.82) is 0 Å². The molecular formula is C42H59NO3PPdS-. The van der Waals surface area contributed by atoms with Crippen molar-refractivity contribution in [2.75, 3.05) is 5.73 Å². The number of benzene rings is 4. The van der Waals surface area contributed by atoms with E-state index in [1.807, 2.05) is 30.3 Å². The van der Waals surface area contributed by atoms with Gasteiger partial charge in [-0.05, 0) is 85.3 Å². The average molecular weight is 795 g/mol. The molecule has 0 heterocycles. The average Bonchev–Trinajstić information content (AvgIpc) is 2.96. The van der Waals surface area contributed by atoms with Gasteiger partial charge in [0.05, 0.1) is 11.4 Å². The van der Waals surface area contributed by atoms with Crippen molar-refractivity contribution in [1.82, 2.24) is 0 Å². The molecule has 0 fully saturated rings. The molecular weight excluding hydrogens is 736 g/mol. The molecule has 4 aromatic rings. The van der Waals surface area contributed by atoms with Crippen LogP contribution in [0.4, 0.5) is 5.69 Å². The molecule has 0 bridgehead atoms. The van der Waals surface area contributed by atoms with Crippen LogP contribution in [0.2, 0.25) is 0 Å². The van der Waals surface area contributed by atoms with Gasteiger partial charge in [-0.15, -0.1) is 0 Å². The van der Waals surface area contributed by atoms with E-state index in [0.717, 1.165) is 11.3 Å². The third kappa shape index (κ3) is 12.8. The molecule has 0 spiro atoms. The zero-order chi connectivity index (χ0) is 36.6. The molecule has 4 aromatic carbocycles. The fraction of sp³-hybridized carbons (Fsp3) is 0.429. The normalized spacial score (nSPS) is 12.2. The predicted molar refractivity (Wildman–Crippen MR) is 213 cm³/mol. The molecule has 1 atom stereocenters. The van der Waals surface area contributed by atoms with Crippen LogP contribution in [0, 0.1) is 6.92 Å². The first-order valence-corrected chi connectivity index (χ1v) is 19.3. The fourth-order valence-corrected chi connectivity index (χ4v) is 10.6. The summed E-state index contributed by atoms with van der Waals surface area (Å²) in [5, 5.41) is 2.06. The SMILES string of the molecule is CC(C)c1cc(C(C)C)c(-c2ccccc2P(C(C)(C)C)C(C)(C)C)c(C(C)C)c1.Cc1ccccc1-c1ccccc1N.O=S([O-])O.[Pd]. The first kappa shape index (κ1) is 44.9. The monoisotopic (exact) mass is 794 g/mol. The van der Waals surface area contributed by atoms with Crippen molar-refractivity contribution in [3.8, 4) is 22.3 Å². The van der Waals surface area contributed by atoms with Gasteiger partial charge >= 0.3 is 0 Å². The number of hydrogen-bond acceptors (Lipinski definition) is 3. The van der Waals surface area contributed by atoms with Gasteiger partial charge < -0.3 is 14.8 Å². The van der Waals surface area contributed by atoms with Crippen LogP contribution in [0.15, 0.2) is 84.9 Å². The topological polar surface area (TPSA) is 86.4 Å². The summed E-state index contributed by atoms with van der Waals surface area (Å²) in [4.78, 5) is 0. The molecule has 0 amide bonds. The van der Waals surface area contributed by atoms with E-state index in [0.29, 0.717) is 17.8 Å². The van der Waals surface area contributed by atoms with Gasteiger partial charge in [0.25, 0.3) is 0 Å². The van der Waals surface area contributed by atoms with E-state index in [-0.39, 0.29) is 38.7 Å². The third-order valence-electron chi connectivity index (χ3n) is 8.28. The maximum Gasteiger partial charge on any atom is 0.0814 e. The molecule has 4 nitrogen and oxygen atoms in total. The van der Waals surface area contributed by atoms with E-state index >= 15 is 0 Å². The van der Waals surface area contributed by atoms with Gasteiger partial charge in [-0.1, -0.05) is 170 Å². The van der Waals surface area contributed by atoms with E-state index in [2.05, 4.69) is 145 Å². The standard InChI is InChI=1S/C29H45P.C13H13N.H2O3S.Pd/c1-19(2)22-17-24(20(3)4)27(25(18-22)21(5)6)23-15-13-14-16-26(23)30(28(7,8)9)29(10,11)12;1-10-6-2-3-7-11(10)12-8-4-5-9-13(12)14;1-4(2)3;/h13-21H,1-12H3;2-9H,14H2,1H3;(H2,1,2,3);/p-1. The predicted octanol–water partition coefficient (Wildman–Crippen LogP) is 12.0. The number of rotatable bonds is 6. The molecule has 3 N–H and O–H groups in total. The van der Waals surface area contributed by atoms with Crippen molar-refractivity contribution < 1.29 is 33.7 Å². The second-order valence-corrected chi connectivity index (χ2v) is 19.6. The molecule has 4 rings (SSSR count). The molecule has 7 heteroatoms. The summed E-state index contributed by atoms with van der Waals surface area (Å²) in [5.41, 5.74) is 17.8. The Kier molecular flexibility index (Phi) is 17.8. The number of aryl methyl sites for hydroxylation is 1. The smallest absolute Gasteiger partial charge is 0.0814 e. The second kappa shape index (κ2) is 19.5. The van der Waals surface area contributed by atoms with Gasteiger partial charge in [0.1, 0.15) is 0 Å². The number of anilines is 1. The summed E-state index contributed by atoms with van der Waals surface area (Å²) in [6.45, 7) is 30.7. The van der Waals surface area contributed by atoms with Crippen LogP contribution in [-0.4, -0.2) is 23.6 Å². The summed E-state index contributed by atoms with van der Waals surface area (Å²) >= 11 is -2.86. The molecule has 272 valence electrons. The van der Waals surface area contributed by atoms with Crippen LogP contribution in [0.1, 0.15) is 123 Å². The molecule has 1 unspecified atom stereocenters. The van der Waals surface area contributed by atoms with E-state index in [9.17, 15) is 0 Å². The Morgan fingerprint density at radius 3 is 1.45 bits per heavy atom. The molecule has 0 saturated carbocycles. The van der Waals surface area contributed by atoms with Crippen molar-refractivity contribution in [3.63, 3.8) is 0 Å². The molecule has 0 radical (unpaired) electrons. The minimum atomic E-state index is -2.86. The van der Waals surface area contributed by atoms with Gasteiger partial charge in [-0.2, -0.15) is 0 Å². The van der Waals surface area contributed by atoms with Gasteiger partial charge in [0, 0.05) is 31.7 Å². The molecule has 0 saturated heterocycles. The Morgan fingerprint density at radius 2 is 1.06 bits per heavy atom. The van der Waals surface area contributed by atoms with E-state index in [1.165, 1.54) is 38.9 Å². The summed E-state index contributed by atoms with van der Waals surface area (Å²) in [5.74, 6) is 1.55. The quantitative estimate of drug-likeness (QED) is 0.0881. The van der Waals surface area contributed by atoms with Crippen LogP contribution in [0.5, 0.6) is 0 Å². The van der Waals surface area contributed by atoms with Gasteiger partial charge in [0.2, 0.25) is 0 Å². The molecule has 0 aliphatic heterocycles. The minimum absolute atomic E-state index is 0. The molecule has 0 aromatic heterocycles. The van der Waals surface area contributed by atoms with Crippen LogP contribution in [-0.2, 0) is 31.8 Å². The largest absolute Gasteiger partial charge is 0.750 e. The second-order valence-electron chi connectivity index (χ2n) is 15.4. The fourth-order valence-electron chi connectivity index (χ4n) is 6.49. The number of para-hydroxylation sites is 1. The molecule has 49 heavy (non-hydrogen) atoms. The van der Waals surface area contributed by atoms with Crippen molar-refractivity contribution >= 4 is 30.3 Å². The zero-order valence-corrected chi connectivity index (χ0v) is 35.1. The summed E-state index contributed by atoms with van der Waals surface area (Å²) in [6, 6.07) is 30.5. The van der Waals surface area contributed by atoms with Crippen LogP contribution in [0.25, 0.3) is 22.3 Å². The summed E-state index contributed by atoms with van der Waals surface area (Å²) < 4.78 is 24.1. The van der Waals surface area contributed by atoms with Gasteiger partial charge in [-0.25, -0.2) is 4.21 Å². The Bertz CT molecular complexity index is 1560. The van der Waals surface area contributed by atoms with Crippen molar-refractivity contribution in [2.24, 2.45) is 0 Å². The third-order valence-corrected chi connectivity index (χ3v) is 11.8. The van der Waals surface area contributed by atoms with E-state index in [4.69, 9.17) is 19.0 Å². The summed E-state index contributed by atoms with van der Waals surface area (Å²) in [7, 11) is -0.366. The Balaban J connectivity index is 0.000000521. The van der Waals surface area contributed by atoms with Crippen LogP contribution in [0.3, 0.4) is 0 Å². The minimum Gasteiger partial charge on any atom is -0.750 e. The van der Waals surface area contributed by atoms with Crippen LogP contribution < -0.4 is 11.0 Å². The Hall–Kier alpha value is -2.16. The first-order valence-electron chi connectivity index (χ1n) is 16.9. The number of hydrogen-bond donors (Lipinski definition) is 2. The summed E-state index contributed by atoms with van der Waals surface area (Å²) in [6.07, 6.45) is 0. The molecule has 0 aliphatic carbocycles. The zero-order valence-electron chi connectivity index (χ0n) is 31.8. The molecule has 0 aliphatic rings. The van der Waals surface area contributed by atoms with E-state index < -0.39 is 11.4 Å². The number of nitrogens with two attached hydrogens (primary N) is 1. The van der Waals surface area contributed by atoms with Crippen molar-refractivity contribution in [2.45, 2.75) is 118 Å². The maximum atomic E-state index is 8.56. The van der Waals surface area contributed by atoms with E-state index in [1.54, 1.807) is 5.30 Å². The first-order chi connectivity index (χ1) is 22.2. The van der Waals surface area contributed by atoms with Gasteiger partial charge in [0.15, 0.2) is 0 Å². The maximum absolute atomic E-state index is 8.56. The van der Waals surface area contributed by atoms with Crippen molar-refractivity contribution in [3.05, 3.63) is 107 Å². The van der Waals surface area contributed by atoms with Crippen LogP contribution >= 0.6 is 7.92 Å². The van der Waals surface area contributed by atoms with Gasteiger partial charge in [-0.3, -0.25) is 0 Å².